The van der Waals surface area contributed by atoms with Gasteiger partial charge in [0.15, 0.2) is 5.13 Å². The molecule has 1 aromatic heterocycles. The van der Waals surface area contributed by atoms with Gasteiger partial charge in [0.25, 0.3) is 0 Å². The Kier molecular flexibility index (Phi) is 5.22. The van der Waals surface area contributed by atoms with E-state index in [1.807, 2.05) is 0 Å². The number of primary amides is 1. The number of nitrogens with one attached hydrogen (secondary N) is 2. The lowest BCUT2D eigenvalue weighted by molar-refractivity contribution is -0.137. The number of halogens is 3. The van der Waals surface area contributed by atoms with Crippen LogP contribution >= 0.6 is 11.3 Å². The number of nitrogens with two attached hydrogens (primary N) is 1. The Morgan fingerprint density at radius 1 is 1.33 bits per heavy atom. The number of amides is 3. The fourth-order valence-electron chi connectivity index (χ4n) is 2.54. The Morgan fingerprint density at radius 2 is 2.07 bits per heavy atom. The van der Waals surface area contributed by atoms with E-state index in [1.165, 1.54) is 28.4 Å². The number of hydrogen-bond acceptors (Lipinski definition) is 5. The first-order valence-electron chi connectivity index (χ1n) is 7.93. The summed E-state index contributed by atoms with van der Waals surface area (Å²) in [4.78, 5) is 28.5. The Bertz CT molecular complexity index is 849. The van der Waals surface area contributed by atoms with Crippen molar-refractivity contribution in [3.05, 3.63) is 40.9 Å². The lowest BCUT2D eigenvalue weighted by Crippen LogP contribution is -2.62. The predicted molar refractivity (Wildman–Crippen MR) is 93.6 cm³/mol. The second-order valence-electron chi connectivity index (χ2n) is 6.03. The second-order valence-corrected chi connectivity index (χ2v) is 6.89. The molecule has 1 aliphatic heterocycles. The highest BCUT2D eigenvalue weighted by Crippen LogP contribution is 2.31. The molecular weight excluding hydrogens is 383 g/mol. The van der Waals surface area contributed by atoms with Gasteiger partial charge in [-0.1, -0.05) is 6.07 Å². The summed E-state index contributed by atoms with van der Waals surface area (Å²) in [6.07, 6.45) is -4.39. The molecule has 0 saturated carbocycles. The number of alkyl halides is 3. The van der Waals surface area contributed by atoms with Crippen molar-refractivity contribution in [2.45, 2.75) is 18.6 Å². The summed E-state index contributed by atoms with van der Waals surface area (Å²) in [5.74, 6) is -0.250. The molecule has 0 unspecified atom stereocenters. The maximum Gasteiger partial charge on any atom is 0.416 e. The van der Waals surface area contributed by atoms with Crippen molar-refractivity contribution in [1.82, 2.24) is 15.2 Å². The number of likely N-dealkylation sites (tertiary alicyclic amines) is 1. The van der Waals surface area contributed by atoms with Crippen LogP contribution in [0, 0.1) is 0 Å². The van der Waals surface area contributed by atoms with Crippen LogP contribution in [0.25, 0.3) is 0 Å². The molecule has 2 aromatic rings. The number of thiazole rings is 1. The standard InChI is InChI=1S/C16H16F3N5O2S/c17-16(18,19)9-2-1-3-10(4-9)22-15-23-11(8-27-15)5-13(25)21-12-6-24(7-12)14(20)26/h1-4,8,12H,5-7H2,(H2,20,26)(H,21,25)(H,22,23). The number of carbonyl (C=O) groups is 2. The highest BCUT2D eigenvalue weighted by atomic mass is 32.1. The Morgan fingerprint density at radius 3 is 2.74 bits per heavy atom. The van der Waals surface area contributed by atoms with E-state index in [-0.39, 0.29) is 24.1 Å². The molecule has 7 nitrogen and oxygen atoms in total. The second kappa shape index (κ2) is 7.43. The van der Waals surface area contributed by atoms with Crippen molar-refractivity contribution in [3.8, 4) is 0 Å². The fraction of sp³-hybridized carbons (Fsp3) is 0.312. The monoisotopic (exact) mass is 399 g/mol. The van der Waals surface area contributed by atoms with Crippen LogP contribution in [0.5, 0.6) is 0 Å². The molecule has 0 bridgehead atoms. The molecular formula is C16H16F3N5O2S. The normalized spacial score (nSPS) is 14.6. The van der Waals surface area contributed by atoms with Crippen molar-refractivity contribution in [3.63, 3.8) is 0 Å². The molecule has 3 rings (SSSR count). The number of hydrogen-bond donors (Lipinski definition) is 3. The van der Waals surface area contributed by atoms with Gasteiger partial charge in [0.1, 0.15) is 0 Å². The van der Waals surface area contributed by atoms with Gasteiger partial charge in [-0.3, -0.25) is 4.79 Å². The van der Waals surface area contributed by atoms with E-state index < -0.39 is 17.8 Å². The SMILES string of the molecule is NC(=O)N1CC(NC(=O)Cc2csc(Nc3cccc(C(F)(F)F)c3)n2)C1. The van der Waals surface area contributed by atoms with Gasteiger partial charge in [-0.15, -0.1) is 11.3 Å². The van der Waals surface area contributed by atoms with Gasteiger partial charge in [-0.05, 0) is 18.2 Å². The lowest BCUT2D eigenvalue weighted by atomic mass is 10.1. The third kappa shape index (κ3) is 4.88. The molecule has 1 aromatic carbocycles. The van der Waals surface area contributed by atoms with Gasteiger partial charge >= 0.3 is 12.2 Å². The first-order valence-corrected chi connectivity index (χ1v) is 8.81. The molecule has 1 aliphatic rings. The Balaban J connectivity index is 1.53. The lowest BCUT2D eigenvalue weighted by Gasteiger charge is -2.38. The van der Waals surface area contributed by atoms with Gasteiger partial charge in [-0.25, -0.2) is 9.78 Å². The molecule has 4 N–H and O–H groups in total. The van der Waals surface area contributed by atoms with Crippen molar-refractivity contribution in [1.29, 1.82) is 0 Å². The third-order valence-corrected chi connectivity index (χ3v) is 4.70. The zero-order valence-electron chi connectivity index (χ0n) is 13.9. The summed E-state index contributed by atoms with van der Waals surface area (Å²) in [7, 11) is 0. The minimum atomic E-state index is -4.42. The first-order chi connectivity index (χ1) is 12.7. The minimum Gasteiger partial charge on any atom is -0.351 e. The van der Waals surface area contributed by atoms with Gasteiger partial charge in [0.05, 0.1) is 23.7 Å². The van der Waals surface area contributed by atoms with Crippen molar-refractivity contribution < 1.29 is 22.8 Å². The molecule has 0 radical (unpaired) electrons. The van der Waals surface area contributed by atoms with Crippen LogP contribution in [0.3, 0.4) is 0 Å². The molecule has 144 valence electrons. The van der Waals surface area contributed by atoms with E-state index in [4.69, 9.17) is 5.73 Å². The highest BCUT2D eigenvalue weighted by Gasteiger charge is 2.31. The van der Waals surface area contributed by atoms with E-state index in [2.05, 4.69) is 15.6 Å². The summed E-state index contributed by atoms with van der Waals surface area (Å²) in [5.41, 5.74) is 5.11. The molecule has 27 heavy (non-hydrogen) atoms. The van der Waals surface area contributed by atoms with Crippen LogP contribution in [-0.2, 0) is 17.4 Å². The molecule has 3 amide bonds. The van der Waals surface area contributed by atoms with Gasteiger partial charge in [0.2, 0.25) is 5.91 Å². The Hall–Kier alpha value is -2.82. The van der Waals surface area contributed by atoms with E-state index in [0.29, 0.717) is 23.9 Å². The van der Waals surface area contributed by atoms with Crippen LogP contribution in [0.2, 0.25) is 0 Å². The predicted octanol–water partition coefficient (Wildman–Crippen LogP) is 2.33. The van der Waals surface area contributed by atoms with Gasteiger partial charge in [0, 0.05) is 24.2 Å². The molecule has 0 spiro atoms. The van der Waals surface area contributed by atoms with Crippen molar-refractivity contribution in [2.75, 3.05) is 18.4 Å². The maximum atomic E-state index is 12.7. The summed E-state index contributed by atoms with van der Waals surface area (Å²) < 4.78 is 38.2. The van der Waals surface area contributed by atoms with Crippen LogP contribution in [0.1, 0.15) is 11.3 Å². The number of aromatic nitrogens is 1. The zero-order valence-corrected chi connectivity index (χ0v) is 14.7. The topological polar surface area (TPSA) is 100 Å². The number of anilines is 2. The van der Waals surface area contributed by atoms with Crippen LogP contribution in [0.4, 0.5) is 28.8 Å². The molecule has 1 fully saturated rings. The first kappa shape index (κ1) is 19.0. The number of urea groups is 1. The Labute approximate surface area is 156 Å². The fourth-order valence-corrected chi connectivity index (χ4v) is 3.27. The zero-order chi connectivity index (χ0) is 19.6. The minimum absolute atomic E-state index is 0.0356. The summed E-state index contributed by atoms with van der Waals surface area (Å²) >= 11 is 1.19. The van der Waals surface area contributed by atoms with E-state index in [9.17, 15) is 22.8 Å². The van der Waals surface area contributed by atoms with E-state index in [0.717, 1.165) is 12.1 Å². The molecule has 11 heteroatoms. The maximum absolute atomic E-state index is 12.7. The third-order valence-electron chi connectivity index (χ3n) is 3.89. The van der Waals surface area contributed by atoms with E-state index in [1.54, 1.807) is 5.38 Å². The average Bonchev–Trinajstić information content (AvgIpc) is 2.96. The van der Waals surface area contributed by atoms with E-state index >= 15 is 0 Å². The van der Waals surface area contributed by atoms with Crippen LogP contribution in [-0.4, -0.2) is 41.0 Å². The average molecular weight is 399 g/mol. The molecule has 1 saturated heterocycles. The number of benzene rings is 1. The van der Waals surface area contributed by atoms with Crippen LogP contribution < -0.4 is 16.4 Å². The highest BCUT2D eigenvalue weighted by molar-refractivity contribution is 7.13. The van der Waals surface area contributed by atoms with Gasteiger partial charge in [-0.2, -0.15) is 13.2 Å². The van der Waals surface area contributed by atoms with Crippen molar-refractivity contribution in [2.24, 2.45) is 5.73 Å². The number of rotatable bonds is 5. The van der Waals surface area contributed by atoms with Crippen LogP contribution in [0.15, 0.2) is 29.6 Å². The molecule has 0 atom stereocenters. The molecule has 2 heterocycles. The smallest absolute Gasteiger partial charge is 0.351 e. The molecule has 0 aliphatic carbocycles. The summed E-state index contributed by atoms with van der Waals surface area (Å²) in [6, 6.07) is 4.14. The van der Waals surface area contributed by atoms with Crippen molar-refractivity contribution >= 4 is 34.1 Å². The quantitative estimate of drug-likeness (QED) is 0.718. The summed E-state index contributed by atoms with van der Waals surface area (Å²) in [5, 5.41) is 7.62. The number of nitrogens with zero attached hydrogens (tertiary/aromatic N) is 2. The number of carbonyl (C=O) groups excluding carboxylic acids is 2. The largest absolute Gasteiger partial charge is 0.416 e. The summed E-state index contributed by atoms with van der Waals surface area (Å²) in [6.45, 7) is 0.751. The van der Waals surface area contributed by atoms with Gasteiger partial charge < -0.3 is 21.3 Å².